The van der Waals surface area contributed by atoms with E-state index < -0.39 is 5.54 Å². The molecular formula is C15H17BrN2O2. The molecule has 0 spiro atoms. The van der Waals surface area contributed by atoms with Crippen LogP contribution >= 0.6 is 15.9 Å². The molecule has 0 atom stereocenters. The van der Waals surface area contributed by atoms with Crippen LogP contribution in [0.25, 0.3) is 10.9 Å². The quantitative estimate of drug-likeness (QED) is 0.806. The second-order valence-corrected chi connectivity index (χ2v) is 6.43. The molecule has 1 fully saturated rings. The SMILES string of the molecule is O=C(NC1(CO)CCCC1)c1cc2cc(Br)ccc2[nH]1. The first-order valence-electron chi connectivity index (χ1n) is 6.84. The number of nitrogens with one attached hydrogen (secondary N) is 2. The lowest BCUT2D eigenvalue weighted by molar-refractivity contribution is 0.0834. The van der Waals surface area contributed by atoms with Crippen molar-refractivity contribution in [3.63, 3.8) is 0 Å². The van der Waals surface area contributed by atoms with E-state index in [4.69, 9.17) is 0 Å². The summed E-state index contributed by atoms with van der Waals surface area (Å²) in [5.41, 5.74) is 1.04. The molecule has 1 aliphatic carbocycles. The van der Waals surface area contributed by atoms with E-state index in [-0.39, 0.29) is 12.5 Å². The number of H-pyrrole nitrogens is 1. The highest BCUT2D eigenvalue weighted by molar-refractivity contribution is 9.10. The Morgan fingerprint density at radius 2 is 2.10 bits per heavy atom. The minimum absolute atomic E-state index is 0.00448. The molecular weight excluding hydrogens is 320 g/mol. The maximum absolute atomic E-state index is 12.4. The molecule has 1 saturated carbocycles. The van der Waals surface area contributed by atoms with Crippen molar-refractivity contribution in [3.05, 3.63) is 34.4 Å². The lowest BCUT2D eigenvalue weighted by Crippen LogP contribution is -2.49. The molecule has 1 heterocycles. The van der Waals surface area contributed by atoms with Crippen LogP contribution in [0.4, 0.5) is 0 Å². The first-order valence-corrected chi connectivity index (χ1v) is 7.63. The van der Waals surface area contributed by atoms with Crippen molar-refractivity contribution in [2.45, 2.75) is 31.2 Å². The van der Waals surface area contributed by atoms with Crippen molar-refractivity contribution < 1.29 is 9.90 Å². The Labute approximate surface area is 125 Å². The summed E-state index contributed by atoms with van der Waals surface area (Å²) in [5, 5.41) is 13.6. The van der Waals surface area contributed by atoms with E-state index in [1.54, 1.807) is 0 Å². The molecule has 106 valence electrons. The molecule has 0 saturated heterocycles. The van der Waals surface area contributed by atoms with E-state index in [1.165, 1.54) is 0 Å². The smallest absolute Gasteiger partial charge is 0.268 e. The number of hydrogen-bond acceptors (Lipinski definition) is 2. The molecule has 0 bridgehead atoms. The zero-order valence-corrected chi connectivity index (χ0v) is 12.7. The van der Waals surface area contributed by atoms with Gasteiger partial charge in [0.15, 0.2) is 0 Å². The van der Waals surface area contributed by atoms with Crippen molar-refractivity contribution in [2.75, 3.05) is 6.61 Å². The van der Waals surface area contributed by atoms with Gasteiger partial charge in [0.25, 0.3) is 5.91 Å². The second kappa shape index (κ2) is 5.22. The molecule has 5 heteroatoms. The van der Waals surface area contributed by atoms with Gasteiger partial charge in [-0.05, 0) is 37.1 Å². The molecule has 0 radical (unpaired) electrons. The van der Waals surface area contributed by atoms with Crippen LogP contribution in [-0.2, 0) is 0 Å². The van der Waals surface area contributed by atoms with Gasteiger partial charge in [0.1, 0.15) is 5.69 Å². The standard InChI is InChI=1S/C15H17BrN2O2/c16-11-3-4-12-10(7-11)8-13(17-12)14(20)18-15(9-19)5-1-2-6-15/h3-4,7-8,17,19H,1-2,5-6,9H2,(H,18,20). The number of aliphatic hydroxyl groups is 1. The lowest BCUT2D eigenvalue weighted by atomic mass is 9.99. The highest BCUT2D eigenvalue weighted by Crippen LogP contribution is 2.29. The topological polar surface area (TPSA) is 65.1 Å². The summed E-state index contributed by atoms with van der Waals surface area (Å²) in [6, 6.07) is 7.69. The molecule has 1 aromatic carbocycles. The predicted molar refractivity (Wildman–Crippen MR) is 81.7 cm³/mol. The van der Waals surface area contributed by atoms with Crippen LogP contribution in [0.3, 0.4) is 0 Å². The van der Waals surface area contributed by atoms with Gasteiger partial charge < -0.3 is 15.4 Å². The number of aromatic nitrogens is 1. The summed E-state index contributed by atoms with van der Waals surface area (Å²) in [5.74, 6) is -0.145. The minimum atomic E-state index is -0.436. The summed E-state index contributed by atoms with van der Waals surface area (Å²) < 4.78 is 0.985. The maximum Gasteiger partial charge on any atom is 0.268 e. The summed E-state index contributed by atoms with van der Waals surface area (Å²) in [6.45, 7) is 0.00448. The van der Waals surface area contributed by atoms with Crippen LogP contribution in [0, 0.1) is 0 Å². The van der Waals surface area contributed by atoms with Crippen molar-refractivity contribution in [2.24, 2.45) is 0 Å². The molecule has 0 unspecified atom stereocenters. The van der Waals surface area contributed by atoms with Crippen LogP contribution in [0.5, 0.6) is 0 Å². The third kappa shape index (κ3) is 2.47. The van der Waals surface area contributed by atoms with Crippen LogP contribution < -0.4 is 5.32 Å². The average molecular weight is 337 g/mol. The van der Waals surface area contributed by atoms with E-state index in [9.17, 15) is 9.90 Å². The minimum Gasteiger partial charge on any atom is -0.394 e. The fourth-order valence-electron chi connectivity index (χ4n) is 2.91. The number of carbonyl (C=O) groups is 1. The van der Waals surface area contributed by atoms with E-state index in [0.717, 1.165) is 41.1 Å². The van der Waals surface area contributed by atoms with Gasteiger partial charge in [-0.25, -0.2) is 0 Å². The Bertz CT molecular complexity index is 644. The number of carbonyl (C=O) groups excluding carboxylic acids is 1. The number of aliphatic hydroxyl groups excluding tert-OH is 1. The largest absolute Gasteiger partial charge is 0.394 e. The Balaban J connectivity index is 1.85. The molecule has 4 nitrogen and oxygen atoms in total. The lowest BCUT2D eigenvalue weighted by Gasteiger charge is -2.27. The number of amides is 1. The highest BCUT2D eigenvalue weighted by Gasteiger charge is 2.35. The highest BCUT2D eigenvalue weighted by atomic mass is 79.9. The summed E-state index contributed by atoms with van der Waals surface area (Å²) in [4.78, 5) is 15.5. The number of halogens is 1. The van der Waals surface area contributed by atoms with Gasteiger partial charge in [-0.1, -0.05) is 28.8 Å². The van der Waals surface area contributed by atoms with Crippen LogP contribution in [0.2, 0.25) is 0 Å². The average Bonchev–Trinajstić information content (AvgIpc) is 3.05. The molecule has 1 amide bonds. The number of aromatic amines is 1. The van der Waals surface area contributed by atoms with Gasteiger partial charge in [0.05, 0.1) is 12.1 Å². The molecule has 1 aromatic heterocycles. The normalized spacial score (nSPS) is 17.5. The molecule has 3 rings (SSSR count). The summed E-state index contributed by atoms with van der Waals surface area (Å²) in [6.07, 6.45) is 3.81. The van der Waals surface area contributed by atoms with Gasteiger partial charge in [0, 0.05) is 15.4 Å². The monoisotopic (exact) mass is 336 g/mol. The zero-order chi connectivity index (χ0) is 14.2. The van der Waals surface area contributed by atoms with E-state index in [0.29, 0.717) is 5.69 Å². The van der Waals surface area contributed by atoms with Crippen molar-refractivity contribution >= 4 is 32.7 Å². The third-order valence-corrected chi connectivity index (χ3v) is 4.56. The van der Waals surface area contributed by atoms with Crippen LogP contribution in [-0.4, -0.2) is 28.1 Å². The predicted octanol–water partition coefficient (Wildman–Crippen LogP) is 2.97. The van der Waals surface area contributed by atoms with Crippen LogP contribution in [0.1, 0.15) is 36.2 Å². The Kier molecular flexibility index (Phi) is 3.56. The first-order chi connectivity index (χ1) is 9.62. The Hall–Kier alpha value is -1.33. The van der Waals surface area contributed by atoms with E-state index in [1.807, 2.05) is 24.3 Å². The number of benzene rings is 1. The van der Waals surface area contributed by atoms with E-state index >= 15 is 0 Å². The Morgan fingerprint density at radius 3 is 2.80 bits per heavy atom. The fourth-order valence-corrected chi connectivity index (χ4v) is 3.29. The third-order valence-electron chi connectivity index (χ3n) is 4.07. The van der Waals surface area contributed by atoms with Crippen molar-refractivity contribution in [1.29, 1.82) is 0 Å². The number of hydrogen-bond donors (Lipinski definition) is 3. The van der Waals surface area contributed by atoms with E-state index in [2.05, 4.69) is 26.2 Å². The summed E-state index contributed by atoms with van der Waals surface area (Å²) in [7, 11) is 0. The maximum atomic E-state index is 12.4. The van der Waals surface area contributed by atoms with Crippen molar-refractivity contribution in [3.8, 4) is 0 Å². The zero-order valence-electron chi connectivity index (χ0n) is 11.1. The molecule has 20 heavy (non-hydrogen) atoms. The Morgan fingerprint density at radius 1 is 1.35 bits per heavy atom. The van der Waals surface area contributed by atoms with Gasteiger partial charge in [-0.3, -0.25) is 4.79 Å². The van der Waals surface area contributed by atoms with Crippen molar-refractivity contribution in [1.82, 2.24) is 10.3 Å². The first kappa shape index (κ1) is 13.6. The summed E-state index contributed by atoms with van der Waals surface area (Å²) >= 11 is 3.42. The molecule has 2 aromatic rings. The van der Waals surface area contributed by atoms with Gasteiger partial charge >= 0.3 is 0 Å². The van der Waals surface area contributed by atoms with Gasteiger partial charge in [-0.2, -0.15) is 0 Å². The van der Waals surface area contributed by atoms with Gasteiger partial charge in [0.2, 0.25) is 0 Å². The number of rotatable bonds is 3. The second-order valence-electron chi connectivity index (χ2n) is 5.51. The van der Waals surface area contributed by atoms with Crippen LogP contribution in [0.15, 0.2) is 28.7 Å². The fraction of sp³-hybridized carbons (Fsp3) is 0.400. The molecule has 3 N–H and O–H groups in total. The van der Waals surface area contributed by atoms with Gasteiger partial charge in [-0.15, -0.1) is 0 Å². The molecule has 1 aliphatic rings. The number of fused-ring (bicyclic) bond motifs is 1. The molecule has 0 aliphatic heterocycles.